The Kier molecular flexibility index (Phi) is 4.99. The standard InChI is InChI=1S/C18H21NO2/c1-4-15-7-9-16(10-8-15)19-18(20)12-21-17-11-13(2)5-6-14(17)3/h5-11H,4,12H2,1-3H3,(H,19,20). The molecule has 2 rings (SSSR count). The van der Waals surface area contributed by atoms with E-state index in [0.29, 0.717) is 0 Å². The van der Waals surface area contributed by atoms with E-state index in [1.165, 1.54) is 5.56 Å². The van der Waals surface area contributed by atoms with Crippen molar-refractivity contribution in [3.8, 4) is 5.75 Å². The molecule has 1 N–H and O–H groups in total. The van der Waals surface area contributed by atoms with Crippen molar-refractivity contribution >= 4 is 11.6 Å². The molecule has 0 heterocycles. The zero-order valence-corrected chi connectivity index (χ0v) is 12.8. The van der Waals surface area contributed by atoms with Crippen LogP contribution in [0.2, 0.25) is 0 Å². The van der Waals surface area contributed by atoms with Crippen molar-refractivity contribution in [2.24, 2.45) is 0 Å². The number of hydrogen-bond acceptors (Lipinski definition) is 2. The maximum Gasteiger partial charge on any atom is 0.262 e. The van der Waals surface area contributed by atoms with E-state index in [2.05, 4.69) is 12.2 Å². The van der Waals surface area contributed by atoms with Crippen LogP contribution in [0.1, 0.15) is 23.6 Å². The molecule has 0 saturated carbocycles. The number of amides is 1. The first-order chi connectivity index (χ1) is 10.1. The summed E-state index contributed by atoms with van der Waals surface area (Å²) in [6.07, 6.45) is 0.990. The van der Waals surface area contributed by atoms with Gasteiger partial charge in [-0.05, 0) is 55.2 Å². The van der Waals surface area contributed by atoms with Gasteiger partial charge in [0.15, 0.2) is 6.61 Å². The van der Waals surface area contributed by atoms with E-state index < -0.39 is 0 Å². The Labute approximate surface area is 126 Å². The lowest BCUT2D eigenvalue weighted by atomic mass is 10.1. The van der Waals surface area contributed by atoms with Gasteiger partial charge in [0.05, 0.1) is 0 Å². The number of ether oxygens (including phenoxy) is 1. The zero-order valence-electron chi connectivity index (χ0n) is 12.8. The number of carbonyl (C=O) groups excluding carboxylic acids is 1. The molecule has 0 aromatic heterocycles. The van der Waals surface area contributed by atoms with Gasteiger partial charge in [-0.25, -0.2) is 0 Å². The molecule has 0 atom stereocenters. The highest BCUT2D eigenvalue weighted by molar-refractivity contribution is 5.91. The molecule has 1 amide bonds. The first-order valence-corrected chi connectivity index (χ1v) is 7.17. The summed E-state index contributed by atoms with van der Waals surface area (Å²) in [5.41, 5.74) is 4.19. The summed E-state index contributed by atoms with van der Waals surface area (Å²) in [6.45, 7) is 6.09. The smallest absolute Gasteiger partial charge is 0.262 e. The molecular formula is C18H21NO2. The minimum atomic E-state index is -0.153. The largest absolute Gasteiger partial charge is 0.483 e. The van der Waals surface area contributed by atoms with Crippen molar-refractivity contribution in [2.75, 3.05) is 11.9 Å². The second-order valence-electron chi connectivity index (χ2n) is 5.16. The highest BCUT2D eigenvalue weighted by atomic mass is 16.5. The molecule has 0 unspecified atom stereocenters. The number of rotatable bonds is 5. The first kappa shape index (κ1) is 15.1. The van der Waals surface area contributed by atoms with Gasteiger partial charge in [0.1, 0.15) is 5.75 Å². The van der Waals surface area contributed by atoms with Gasteiger partial charge in [0, 0.05) is 5.69 Å². The average molecular weight is 283 g/mol. The average Bonchev–Trinajstić information content (AvgIpc) is 2.49. The molecule has 0 radical (unpaired) electrons. The lowest BCUT2D eigenvalue weighted by Gasteiger charge is -2.10. The Morgan fingerprint density at radius 3 is 2.48 bits per heavy atom. The molecule has 2 aromatic carbocycles. The monoisotopic (exact) mass is 283 g/mol. The fraction of sp³-hybridized carbons (Fsp3) is 0.278. The van der Waals surface area contributed by atoms with Crippen molar-refractivity contribution < 1.29 is 9.53 Å². The second kappa shape index (κ2) is 6.93. The van der Waals surface area contributed by atoms with Crippen LogP contribution in [0.15, 0.2) is 42.5 Å². The Bertz CT molecular complexity index is 618. The number of aryl methyl sites for hydroxylation is 3. The van der Waals surface area contributed by atoms with Crippen molar-refractivity contribution in [1.82, 2.24) is 0 Å². The molecule has 0 fully saturated rings. The summed E-state index contributed by atoms with van der Waals surface area (Å²) < 4.78 is 5.58. The minimum Gasteiger partial charge on any atom is -0.483 e. The lowest BCUT2D eigenvalue weighted by Crippen LogP contribution is -2.20. The number of anilines is 1. The Morgan fingerprint density at radius 2 is 1.81 bits per heavy atom. The quantitative estimate of drug-likeness (QED) is 0.904. The van der Waals surface area contributed by atoms with Gasteiger partial charge in [-0.2, -0.15) is 0 Å². The van der Waals surface area contributed by atoms with Crippen molar-refractivity contribution in [3.63, 3.8) is 0 Å². The summed E-state index contributed by atoms with van der Waals surface area (Å²) in [4.78, 5) is 11.9. The maximum absolute atomic E-state index is 11.9. The molecule has 0 aliphatic carbocycles. The van der Waals surface area contributed by atoms with Crippen LogP contribution in [-0.4, -0.2) is 12.5 Å². The van der Waals surface area contributed by atoms with Crippen molar-refractivity contribution in [3.05, 3.63) is 59.2 Å². The van der Waals surface area contributed by atoms with E-state index in [-0.39, 0.29) is 12.5 Å². The first-order valence-electron chi connectivity index (χ1n) is 7.17. The lowest BCUT2D eigenvalue weighted by molar-refractivity contribution is -0.118. The van der Waals surface area contributed by atoms with E-state index in [9.17, 15) is 4.79 Å². The van der Waals surface area contributed by atoms with Crippen LogP contribution in [0.4, 0.5) is 5.69 Å². The summed E-state index contributed by atoms with van der Waals surface area (Å²) >= 11 is 0. The van der Waals surface area contributed by atoms with Gasteiger partial charge in [0.2, 0.25) is 0 Å². The van der Waals surface area contributed by atoms with Gasteiger partial charge in [-0.15, -0.1) is 0 Å². The summed E-state index contributed by atoms with van der Waals surface area (Å²) in [6, 6.07) is 13.8. The van der Waals surface area contributed by atoms with Gasteiger partial charge in [0.25, 0.3) is 5.91 Å². The topological polar surface area (TPSA) is 38.3 Å². The molecule has 0 bridgehead atoms. The number of carbonyl (C=O) groups is 1. The normalized spacial score (nSPS) is 10.2. The maximum atomic E-state index is 11.9. The Hall–Kier alpha value is -2.29. The van der Waals surface area contributed by atoms with Crippen LogP contribution in [0.3, 0.4) is 0 Å². The van der Waals surface area contributed by atoms with Crippen LogP contribution in [0.5, 0.6) is 5.75 Å². The number of benzene rings is 2. The van der Waals surface area contributed by atoms with Gasteiger partial charge < -0.3 is 10.1 Å². The minimum absolute atomic E-state index is 0.0137. The predicted molar refractivity (Wildman–Crippen MR) is 85.9 cm³/mol. The molecule has 0 saturated heterocycles. The predicted octanol–water partition coefficient (Wildman–Crippen LogP) is 3.88. The number of hydrogen-bond donors (Lipinski definition) is 1. The Balaban J connectivity index is 1.91. The third-order valence-corrected chi connectivity index (χ3v) is 3.35. The number of nitrogens with one attached hydrogen (secondary N) is 1. The van der Waals surface area contributed by atoms with Crippen LogP contribution in [0.25, 0.3) is 0 Å². The molecule has 3 nitrogen and oxygen atoms in total. The fourth-order valence-corrected chi connectivity index (χ4v) is 2.03. The highest BCUT2D eigenvalue weighted by Gasteiger charge is 2.06. The van der Waals surface area contributed by atoms with Crippen LogP contribution < -0.4 is 10.1 Å². The van der Waals surface area contributed by atoms with E-state index >= 15 is 0 Å². The SMILES string of the molecule is CCc1ccc(NC(=O)COc2cc(C)ccc2C)cc1. The zero-order chi connectivity index (χ0) is 15.2. The summed E-state index contributed by atoms with van der Waals surface area (Å²) in [5.74, 6) is 0.603. The second-order valence-corrected chi connectivity index (χ2v) is 5.16. The van der Waals surface area contributed by atoms with E-state index in [1.54, 1.807) is 0 Å². The van der Waals surface area contributed by atoms with Crippen LogP contribution in [0, 0.1) is 13.8 Å². The highest BCUT2D eigenvalue weighted by Crippen LogP contribution is 2.19. The van der Waals surface area contributed by atoms with E-state index in [1.807, 2.05) is 56.3 Å². The van der Waals surface area contributed by atoms with E-state index in [4.69, 9.17) is 4.74 Å². The molecule has 2 aromatic rings. The Morgan fingerprint density at radius 1 is 1.10 bits per heavy atom. The molecule has 0 aliphatic rings. The van der Waals surface area contributed by atoms with Crippen LogP contribution in [-0.2, 0) is 11.2 Å². The molecule has 0 aliphatic heterocycles. The molecule has 3 heteroatoms. The third kappa shape index (κ3) is 4.35. The molecule has 110 valence electrons. The molecule has 21 heavy (non-hydrogen) atoms. The summed E-state index contributed by atoms with van der Waals surface area (Å²) in [7, 11) is 0. The van der Waals surface area contributed by atoms with Crippen molar-refractivity contribution in [1.29, 1.82) is 0 Å². The van der Waals surface area contributed by atoms with Gasteiger partial charge in [-0.3, -0.25) is 4.79 Å². The van der Waals surface area contributed by atoms with Gasteiger partial charge in [-0.1, -0.05) is 31.2 Å². The van der Waals surface area contributed by atoms with E-state index in [0.717, 1.165) is 29.0 Å². The summed E-state index contributed by atoms with van der Waals surface area (Å²) in [5, 5.41) is 2.83. The molecule has 0 spiro atoms. The molecular weight excluding hydrogens is 262 g/mol. The fourth-order valence-electron chi connectivity index (χ4n) is 2.03. The third-order valence-electron chi connectivity index (χ3n) is 3.35. The van der Waals surface area contributed by atoms with Crippen LogP contribution >= 0.6 is 0 Å². The van der Waals surface area contributed by atoms with Gasteiger partial charge >= 0.3 is 0 Å². The van der Waals surface area contributed by atoms with Crippen molar-refractivity contribution in [2.45, 2.75) is 27.2 Å².